The van der Waals surface area contributed by atoms with E-state index in [4.69, 9.17) is 4.98 Å². The number of nitrogens with zero attached hydrogens (tertiary/aromatic N) is 4. The Kier molecular flexibility index (Phi) is 5.22. The molecule has 29 heavy (non-hydrogen) atoms. The van der Waals surface area contributed by atoms with Gasteiger partial charge < -0.3 is 15.1 Å². The van der Waals surface area contributed by atoms with E-state index in [1.54, 1.807) is 14.1 Å². The molecule has 2 heterocycles. The number of amides is 3. The van der Waals surface area contributed by atoms with Crippen LogP contribution in [0.1, 0.15) is 30.5 Å². The summed E-state index contributed by atoms with van der Waals surface area (Å²) in [5.74, 6) is 0.706. The Morgan fingerprint density at radius 1 is 1.21 bits per heavy atom. The molecule has 1 saturated heterocycles. The Labute approximate surface area is 171 Å². The fourth-order valence-electron chi connectivity index (χ4n) is 4.43. The standard InChI is InChI=1S/C22H27N5O2/c1-26(2)21(29)24-14-18(28)27-12-6-10-22(15-27)11-9-17-13-23-20(25-19(17)22)16-7-4-3-5-8-16/h3-5,7-8,13H,6,9-12,14-15H2,1-2H3,(H,24,29). The van der Waals surface area contributed by atoms with E-state index in [9.17, 15) is 9.59 Å². The second-order valence-electron chi connectivity index (χ2n) is 8.19. The monoisotopic (exact) mass is 393 g/mol. The number of fused-ring (bicyclic) bond motifs is 2. The van der Waals surface area contributed by atoms with E-state index in [1.165, 1.54) is 10.5 Å². The minimum atomic E-state index is -0.253. The minimum absolute atomic E-state index is 0.0268. The molecule has 3 amide bonds. The van der Waals surface area contributed by atoms with Crippen LogP contribution in [0.25, 0.3) is 11.4 Å². The van der Waals surface area contributed by atoms with Gasteiger partial charge in [-0.15, -0.1) is 0 Å². The molecule has 2 aromatic rings. The molecule has 1 fully saturated rings. The lowest BCUT2D eigenvalue weighted by atomic mass is 9.77. The molecular weight excluding hydrogens is 366 g/mol. The lowest BCUT2D eigenvalue weighted by Gasteiger charge is -2.40. The van der Waals surface area contributed by atoms with Gasteiger partial charge in [-0.1, -0.05) is 30.3 Å². The van der Waals surface area contributed by atoms with E-state index in [2.05, 4.69) is 10.3 Å². The van der Waals surface area contributed by atoms with Crippen molar-refractivity contribution in [3.63, 3.8) is 0 Å². The molecule has 7 heteroatoms. The highest BCUT2D eigenvalue weighted by atomic mass is 16.2. The van der Waals surface area contributed by atoms with Crippen molar-refractivity contribution in [2.75, 3.05) is 33.7 Å². The van der Waals surface area contributed by atoms with Crippen molar-refractivity contribution in [2.24, 2.45) is 0 Å². The number of likely N-dealkylation sites (tertiary alicyclic amines) is 1. The molecule has 1 aromatic carbocycles. The molecule has 1 aromatic heterocycles. The fraction of sp³-hybridized carbons (Fsp3) is 0.455. The SMILES string of the molecule is CN(C)C(=O)NCC(=O)N1CCCC2(CCc3cnc(-c4ccccc4)nc32)C1. The van der Waals surface area contributed by atoms with Crippen molar-refractivity contribution in [1.82, 2.24) is 25.1 Å². The van der Waals surface area contributed by atoms with Crippen molar-refractivity contribution in [2.45, 2.75) is 31.1 Å². The molecule has 152 valence electrons. The van der Waals surface area contributed by atoms with Crippen LogP contribution in [0.4, 0.5) is 4.79 Å². The van der Waals surface area contributed by atoms with Crippen LogP contribution >= 0.6 is 0 Å². The predicted molar refractivity (Wildman–Crippen MR) is 110 cm³/mol. The summed E-state index contributed by atoms with van der Waals surface area (Å²) in [6.45, 7) is 1.41. The summed E-state index contributed by atoms with van der Waals surface area (Å²) < 4.78 is 0. The second-order valence-corrected chi connectivity index (χ2v) is 8.19. The van der Waals surface area contributed by atoms with Crippen LogP contribution in [0.3, 0.4) is 0 Å². The van der Waals surface area contributed by atoms with Gasteiger partial charge in [0.2, 0.25) is 5.91 Å². The number of benzene rings is 1. The molecule has 1 aliphatic carbocycles. The van der Waals surface area contributed by atoms with Gasteiger partial charge in [0.1, 0.15) is 0 Å². The van der Waals surface area contributed by atoms with Gasteiger partial charge >= 0.3 is 6.03 Å². The van der Waals surface area contributed by atoms with Gasteiger partial charge in [0.15, 0.2) is 5.82 Å². The van der Waals surface area contributed by atoms with Crippen molar-refractivity contribution in [3.05, 3.63) is 47.8 Å². The van der Waals surface area contributed by atoms with E-state index in [0.29, 0.717) is 6.54 Å². The van der Waals surface area contributed by atoms with Gasteiger partial charge in [-0.05, 0) is 31.2 Å². The van der Waals surface area contributed by atoms with E-state index >= 15 is 0 Å². The highest BCUT2D eigenvalue weighted by molar-refractivity contribution is 5.84. The second kappa shape index (κ2) is 7.81. The summed E-state index contributed by atoms with van der Waals surface area (Å²) in [4.78, 5) is 37.3. The summed E-state index contributed by atoms with van der Waals surface area (Å²) in [5.41, 5.74) is 3.19. The number of hydrogen-bond donors (Lipinski definition) is 1. The van der Waals surface area contributed by atoms with Crippen molar-refractivity contribution in [1.29, 1.82) is 0 Å². The van der Waals surface area contributed by atoms with Gasteiger partial charge in [0.05, 0.1) is 12.2 Å². The summed E-state index contributed by atoms with van der Waals surface area (Å²) in [5, 5.41) is 2.68. The Bertz CT molecular complexity index is 911. The molecule has 7 nitrogen and oxygen atoms in total. The number of carbonyl (C=O) groups excluding carboxylic acids is 2. The number of piperidine rings is 1. The Morgan fingerprint density at radius 3 is 2.76 bits per heavy atom. The highest BCUT2D eigenvalue weighted by Crippen LogP contribution is 2.44. The topological polar surface area (TPSA) is 78.4 Å². The van der Waals surface area contributed by atoms with Gasteiger partial charge in [-0.2, -0.15) is 0 Å². The van der Waals surface area contributed by atoms with Crippen molar-refractivity contribution in [3.8, 4) is 11.4 Å². The molecule has 0 bridgehead atoms. The summed E-state index contributed by atoms with van der Waals surface area (Å²) in [6, 6.07) is 9.76. The quantitative estimate of drug-likeness (QED) is 0.867. The first-order valence-corrected chi connectivity index (χ1v) is 10.1. The zero-order valence-corrected chi connectivity index (χ0v) is 17.0. The zero-order chi connectivity index (χ0) is 20.4. The number of nitrogens with one attached hydrogen (secondary N) is 1. The molecule has 1 atom stereocenters. The Hall–Kier alpha value is -2.96. The van der Waals surface area contributed by atoms with Crippen LogP contribution in [0.5, 0.6) is 0 Å². The first kappa shape index (κ1) is 19.4. The fourth-order valence-corrected chi connectivity index (χ4v) is 4.43. The van der Waals surface area contributed by atoms with Crippen LogP contribution in [-0.2, 0) is 16.6 Å². The van der Waals surface area contributed by atoms with Crippen molar-refractivity contribution >= 4 is 11.9 Å². The average molecular weight is 393 g/mol. The molecule has 1 unspecified atom stereocenters. The molecule has 2 aliphatic rings. The smallest absolute Gasteiger partial charge is 0.317 e. The van der Waals surface area contributed by atoms with Gasteiger partial charge in [0.25, 0.3) is 0 Å². The van der Waals surface area contributed by atoms with E-state index in [1.807, 2.05) is 41.4 Å². The van der Waals surface area contributed by atoms with Crippen LogP contribution in [0.15, 0.2) is 36.5 Å². The number of rotatable bonds is 3. The third kappa shape index (κ3) is 3.81. The van der Waals surface area contributed by atoms with Crippen LogP contribution in [0.2, 0.25) is 0 Å². The third-order valence-corrected chi connectivity index (χ3v) is 6.00. The maximum atomic E-state index is 12.7. The Balaban J connectivity index is 1.54. The molecule has 1 aliphatic heterocycles. The molecule has 1 N–H and O–H groups in total. The van der Waals surface area contributed by atoms with Gasteiger partial charge in [-0.25, -0.2) is 14.8 Å². The number of aromatic nitrogens is 2. The lowest BCUT2D eigenvalue weighted by molar-refractivity contribution is -0.132. The predicted octanol–water partition coefficient (Wildman–Crippen LogP) is 2.22. The molecule has 4 rings (SSSR count). The number of hydrogen-bond acceptors (Lipinski definition) is 4. The first-order valence-electron chi connectivity index (χ1n) is 10.1. The average Bonchev–Trinajstić information content (AvgIpc) is 3.09. The van der Waals surface area contributed by atoms with Crippen LogP contribution in [-0.4, -0.2) is 65.4 Å². The normalized spacial score (nSPS) is 20.4. The van der Waals surface area contributed by atoms with Crippen molar-refractivity contribution < 1.29 is 9.59 Å². The van der Waals surface area contributed by atoms with Gasteiger partial charge in [0, 0.05) is 44.4 Å². The maximum absolute atomic E-state index is 12.7. The first-order chi connectivity index (χ1) is 14.0. The Morgan fingerprint density at radius 2 is 2.00 bits per heavy atom. The van der Waals surface area contributed by atoms with Crippen LogP contribution < -0.4 is 5.32 Å². The third-order valence-electron chi connectivity index (χ3n) is 6.00. The zero-order valence-electron chi connectivity index (χ0n) is 17.0. The van der Waals surface area contributed by atoms with Gasteiger partial charge in [-0.3, -0.25) is 4.79 Å². The number of urea groups is 1. The molecular formula is C22H27N5O2. The minimum Gasteiger partial charge on any atom is -0.340 e. The van der Waals surface area contributed by atoms with E-state index in [0.717, 1.165) is 49.3 Å². The van der Waals surface area contributed by atoms with E-state index < -0.39 is 0 Å². The summed E-state index contributed by atoms with van der Waals surface area (Å²) in [7, 11) is 3.32. The number of aryl methyl sites for hydroxylation is 1. The molecule has 1 spiro atoms. The lowest BCUT2D eigenvalue weighted by Crippen LogP contribution is -2.51. The summed E-state index contributed by atoms with van der Waals surface area (Å²) in [6.07, 6.45) is 5.86. The molecule has 0 radical (unpaired) electrons. The number of carbonyl (C=O) groups is 2. The maximum Gasteiger partial charge on any atom is 0.317 e. The largest absolute Gasteiger partial charge is 0.340 e. The molecule has 0 saturated carbocycles. The van der Waals surface area contributed by atoms with E-state index in [-0.39, 0.29) is 23.9 Å². The summed E-state index contributed by atoms with van der Waals surface area (Å²) >= 11 is 0. The highest BCUT2D eigenvalue weighted by Gasteiger charge is 2.44. The van der Waals surface area contributed by atoms with Crippen LogP contribution in [0, 0.1) is 0 Å².